The Labute approximate surface area is 168 Å². The van der Waals surface area contributed by atoms with Crippen molar-refractivity contribution in [2.45, 2.75) is 44.4 Å². The highest BCUT2D eigenvalue weighted by Crippen LogP contribution is 2.44. The minimum Gasteiger partial charge on any atom is -0.454 e. The van der Waals surface area contributed by atoms with Gasteiger partial charge in [-0.2, -0.15) is 0 Å². The Morgan fingerprint density at radius 1 is 0.966 bits per heavy atom. The number of fused-ring (bicyclic) bond motifs is 1. The molecule has 7 heteroatoms. The fourth-order valence-corrected chi connectivity index (χ4v) is 4.14. The predicted octanol–water partition coefficient (Wildman–Crippen LogP) is 4.35. The zero-order valence-electron chi connectivity index (χ0n) is 16.2. The van der Waals surface area contributed by atoms with E-state index >= 15 is 0 Å². The summed E-state index contributed by atoms with van der Waals surface area (Å²) in [6.07, 6.45) is 4.23. The molecule has 1 fully saturated rings. The minimum atomic E-state index is -0.768. The van der Waals surface area contributed by atoms with E-state index in [1.54, 1.807) is 0 Å². The highest BCUT2D eigenvalue weighted by molar-refractivity contribution is 6.00. The molecule has 0 aromatic heterocycles. The Morgan fingerprint density at radius 3 is 2.48 bits per heavy atom. The van der Waals surface area contributed by atoms with Crippen molar-refractivity contribution in [2.24, 2.45) is 0 Å². The van der Waals surface area contributed by atoms with Crippen molar-refractivity contribution in [1.82, 2.24) is 0 Å². The van der Waals surface area contributed by atoms with Crippen molar-refractivity contribution in [2.75, 3.05) is 17.4 Å². The van der Waals surface area contributed by atoms with Crippen molar-refractivity contribution < 1.29 is 23.5 Å². The summed E-state index contributed by atoms with van der Waals surface area (Å²) in [6.45, 7) is 1.54. The van der Waals surface area contributed by atoms with Gasteiger partial charge in [-0.1, -0.05) is 25.3 Å². The third-order valence-electron chi connectivity index (χ3n) is 5.60. The van der Waals surface area contributed by atoms with Crippen LogP contribution in [0.2, 0.25) is 0 Å². The summed E-state index contributed by atoms with van der Waals surface area (Å²) in [5.74, 6) is 0.213. The fraction of sp³-hybridized carbons (Fsp3) is 0.364. The molecule has 2 N–H and O–H groups in total. The van der Waals surface area contributed by atoms with Gasteiger partial charge in [0.05, 0.1) is 11.1 Å². The van der Waals surface area contributed by atoms with Gasteiger partial charge in [0, 0.05) is 12.6 Å². The van der Waals surface area contributed by atoms with Crippen molar-refractivity contribution in [3.8, 4) is 11.5 Å². The molecule has 2 aliphatic rings. The lowest BCUT2D eigenvalue weighted by Crippen LogP contribution is -2.42. The standard InChI is InChI=1S/C22H23FN2O4/c1-14(26)24-16-6-7-17(23)18(12-16)25-21(27)22(9-3-2-4-10-22)15-5-8-19-20(11-15)29-13-28-19/h5-8,11-12H,2-4,9-10,13H2,1H3,(H,24,26)(H,25,27). The number of halogens is 1. The van der Waals surface area contributed by atoms with Gasteiger partial charge in [0.15, 0.2) is 11.5 Å². The molecular formula is C22H23FN2O4. The van der Waals surface area contributed by atoms with Crippen LogP contribution in [0.4, 0.5) is 15.8 Å². The summed E-state index contributed by atoms with van der Waals surface area (Å²) in [6, 6.07) is 9.69. The Hall–Kier alpha value is -3.09. The van der Waals surface area contributed by atoms with Crippen LogP contribution in [0.1, 0.15) is 44.6 Å². The van der Waals surface area contributed by atoms with Crippen LogP contribution in [0.25, 0.3) is 0 Å². The molecule has 4 rings (SSSR count). The van der Waals surface area contributed by atoms with Gasteiger partial charge in [0.2, 0.25) is 18.6 Å². The highest BCUT2D eigenvalue weighted by Gasteiger charge is 2.42. The largest absolute Gasteiger partial charge is 0.454 e. The SMILES string of the molecule is CC(=O)Nc1ccc(F)c(NC(=O)C2(c3ccc4c(c3)OCO4)CCCCC2)c1. The Bertz CT molecular complexity index is 954. The second-order valence-electron chi connectivity index (χ2n) is 7.54. The third-order valence-corrected chi connectivity index (χ3v) is 5.60. The van der Waals surface area contributed by atoms with E-state index in [9.17, 15) is 14.0 Å². The first-order chi connectivity index (χ1) is 14.0. The summed E-state index contributed by atoms with van der Waals surface area (Å²) in [5.41, 5.74) is 0.551. The topological polar surface area (TPSA) is 76.7 Å². The average molecular weight is 398 g/mol. The lowest BCUT2D eigenvalue weighted by atomic mass is 9.68. The molecule has 0 spiro atoms. The van der Waals surface area contributed by atoms with Gasteiger partial charge < -0.3 is 20.1 Å². The van der Waals surface area contributed by atoms with Gasteiger partial charge in [-0.25, -0.2) is 4.39 Å². The number of nitrogens with one attached hydrogen (secondary N) is 2. The first-order valence-electron chi connectivity index (χ1n) is 9.77. The van der Waals surface area contributed by atoms with E-state index in [1.807, 2.05) is 18.2 Å². The number of ether oxygens (including phenoxy) is 2. The molecular weight excluding hydrogens is 375 g/mol. The van der Waals surface area contributed by atoms with Gasteiger partial charge in [-0.05, 0) is 48.7 Å². The maximum absolute atomic E-state index is 14.4. The molecule has 1 aliphatic carbocycles. The van der Waals surface area contributed by atoms with E-state index in [0.717, 1.165) is 24.8 Å². The maximum atomic E-state index is 14.4. The molecule has 0 bridgehead atoms. The molecule has 2 amide bonds. The molecule has 1 aliphatic heterocycles. The number of carbonyl (C=O) groups is 2. The summed E-state index contributed by atoms with van der Waals surface area (Å²) in [4.78, 5) is 24.7. The first kappa shape index (κ1) is 19.2. The van der Waals surface area contributed by atoms with Crippen LogP contribution in [-0.2, 0) is 15.0 Å². The van der Waals surface area contributed by atoms with Crippen LogP contribution < -0.4 is 20.1 Å². The summed E-state index contributed by atoms with van der Waals surface area (Å²) in [7, 11) is 0. The quantitative estimate of drug-likeness (QED) is 0.803. The maximum Gasteiger partial charge on any atom is 0.235 e. The van der Waals surface area contributed by atoms with E-state index in [0.29, 0.717) is 30.0 Å². The molecule has 0 atom stereocenters. The molecule has 2 aromatic rings. The molecule has 29 heavy (non-hydrogen) atoms. The van der Waals surface area contributed by atoms with Crippen LogP contribution in [-0.4, -0.2) is 18.6 Å². The van der Waals surface area contributed by atoms with Crippen molar-refractivity contribution in [1.29, 1.82) is 0 Å². The zero-order valence-corrected chi connectivity index (χ0v) is 16.2. The number of benzene rings is 2. The fourth-order valence-electron chi connectivity index (χ4n) is 4.14. The second kappa shape index (κ2) is 7.73. The van der Waals surface area contributed by atoms with Gasteiger partial charge in [0.1, 0.15) is 5.82 Å². The van der Waals surface area contributed by atoms with E-state index in [-0.39, 0.29) is 24.3 Å². The summed E-state index contributed by atoms with van der Waals surface area (Å²) >= 11 is 0. The number of anilines is 2. The Kier molecular flexibility index (Phi) is 5.13. The molecule has 2 aromatic carbocycles. The number of hydrogen-bond acceptors (Lipinski definition) is 4. The van der Waals surface area contributed by atoms with Crippen molar-refractivity contribution >= 4 is 23.2 Å². The van der Waals surface area contributed by atoms with E-state index < -0.39 is 11.2 Å². The van der Waals surface area contributed by atoms with Crippen molar-refractivity contribution in [3.05, 3.63) is 47.8 Å². The Balaban J connectivity index is 1.66. The van der Waals surface area contributed by atoms with E-state index in [4.69, 9.17) is 9.47 Å². The van der Waals surface area contributed by atoms with Gasteiger partial charge in [-0.15, -0.1) is 0 Å². The van der Waals surface area contributed by atoms with Gasteiger partial charge in [-0.3, -0.25) is 9.59 Å². The predicted molar refractivity (Wildman–Crippen MR) is 107 cm³/mol. The third kappa shape index (κ3) is 3.77. The first-order valence-corrected chi connectivity index (χ1v) is 9.77. The average Bonchev–Trinajstić information content (AvgIpc) is 3.18. The van der Waals surface area contributed by atoms with E-state index in [2.05, 4.69) is 10.6 Å². The molecule has 0 radical (unpaired) electrons. The molecule has 1 heterocycles. The highest BCUT2D eigenvalue weighted by atomic mass is 19.1. The Morgan fingerprint density at radius 2 is 1.72 bits per heavy atom. The van der Waals surface area contributed by atoms with Crippen LogP contribution in [0.3, 0.4) is 0 Å². The van der Waals surface area contributed by atoms with Crippen molar-refractivity contribution in [3.63, 3.8) is 0 Å². The number of amides is 2. The minimum absolute atomic E-state index is 0.0481. The van der Waals surface area contributed by atoms with E-state index in [1.165, 1.54) is 25.1 Å². The molecule has 0 unspecified atom stereocenters. The number of hydrogen-bond donors (Lipinski definition) is 2. The van der Waals surface area contributed by atoms with Gasteiger partial charge >= 0.3 is 0 Å². The zero-order chi connectivity index (χ0) is 20.4. The van der Waals surface area contributed by atoms with Crippen LogP contribution >= 0.6 is 0 Å². The smallest absolute Gasteiger partial charge is 0.235 e. The monoisotopic (exact) mass is 398 g/mol. The second-order valence-corrected chi connectivity index (χ2v) is 7.54. The lowest BCUT2D eigenvalue weighted by molar-refractivity contribution is -0.122. The van der Waals surface area contributed by atoms with Gasteiger partial charge in [0.25, 0.3) is 0 Å². The van der Waals surface area contributed by atoms with Crippen LogP contribution in [0.5, 0.6) is 11.5 Å². The molecule has 1 saturated carbocycles. The molecule has 0 saturated heterocycles. The summed E-state index contributed by atoms with van der Waals surface area (Å²) in [5, 5.41) is 5.37. The number of rotatable bonds is 4. The van der Waals surface area contributed by atoms with Crippen LogP contribution in [0.15, 0.2) is 36.4 Å². The number of carbonyl (C=O) groups excluding carboxylic acids is 2. The summed E-state index contributed by atoms with van der Waals surface area (Å²) < 4.78 is 25.3. The molecule has 6 nitrogen and oxygen atoms in total. The lowest BCUT2D eigenvalue weighted by Gasteiger charge is -2.36. The molecule has 152 valence electrons. The van der Waals surface area contributed by atoms with Crippen LogP contribution in [0, 0.1) is 5.82 Å². The normalized spacial score (nSPS) is 16.9.